The largest absolute Gasteiger partial charge is 0.493 e. The molecule has 0 unspecified atom stereocenters. The molecule has 2 saturated heterocycles. The number of benzene rings is 1. The third-order valence-corrected chi connectivity index (χ3v) is 5.33. The highest BCUT2D eigenvalue weighted by Gasteiger charge is 2.32. The lowest BCUT2D eigenvalue weighted by Crippen LogP contribution is -2.53. The molecule has 2 aliphatic heterocycles. The first-order chi connectivity index (χ1) is 12.7. The summed E-state index contributed by atoms with van der Waals surface area (Å²) in [6.45, 7) is 2.90. The van der Waals surface area contributed by atoms with Gasteiger partial charge in [-0.05, 0) is 49.8 Å². The molecule has 0 radical (unpaired) electrons. The van der Waals surface area contributed by atoms with Gasteiger partial charge in [0.1, 0.15) is 6.10 Å². The molecule has 6 nitrogen and oxygen atoms in total. The molecule has 0 spiro atoms. The van der Waals surface area contributed by atoms with Crippen molar-refractivity contribution in [3.8, 4) is 11.5 Å². The number of morpholine rings is 1. The lowest BCUT2D eigenvalue weighted by Gasteiger charge is -2.38. The van der Waals surface area contributed by atoms with Gasteiger partial charge in [-0.3, -0.25) is 4.79 Å². The van der Waals surface area contributed by atoms with Crippen LogP contribution in [0.3, 0.4) is 0 Å². The second-order valence-electron chi connectivity index (χ2n) is 6.97. The topological polar surface area (TPSA) is 60.0 Å². The lowest BCUT2D eigenvalue weighted by molar-refractivity contribution is -0.149. The van der Waals surface area contributed by atoms with Crippen LogP contribution < -0.4 is 14.8 Å². The highest BCUT2D eigenvalue weighted by atomic mass is 16.5. The van der Waals surface area contributed by atoms with Crippen molar-refractivity contribution in [1.82, 2.24) is 10.2 Å². The fourth-order valence-corrected chi connectivity index (χ4v) is 3.87. The predicted octanol–water partition coefficient (Wildman–Crippen LogP) is 2.01. The van der Waals surface area contributed by atoms with Crippen molar-refractivity contribution in [1.29, 1.82) is 0 Å². The highest BCUT2D eigenvalue weighted by molar-refractivity contribution is 5.81. The molecule has 1 aromatic rings. The summed E-state index contributed by atoms with van der Waals surface area (Å²) < 4.78 is 16.4. The van der Waals surface area contributed by atoms with E-state index in [1.54, 1.807) is 14.2 Å². The SMILES string of the molecule is COc1ccc(CC[C@@H]2CCCCN2C(=O)[C@H]2CNCCO2)cc1OC. The minimum absolute atomic E-state index is 0.147. The summed E-state index contributed by atoms with van der Waals surface area (Å²) in [5.74, 6) is 1.64. The second kappa shape index (κ2) is 9.24. The third kappa shape index (κ3) is 4.48. The van der Waals surface area contributed by atoms with Gasteiger partial charge in [0.05, 0.1) is 20.8 Å². The van der Waals surface area contributed by atoms with Crippen LogP contribution in [0.15, 0.2) is 18.2 Å². The summed E-state index contributed by atoms with van der Waals surface area (Å²) in [5, 5.41) is 3.25. The molecule has 1 aromatic carbocycles. The maximum absolute atomic E-state index is 12.9. The van der Waals surface area contributed by atoms with E-state index < -0.39 is 0 Å². The number of hydrogen-bond donors (Lipinski definition) is 1. The number of rotatable bonds is 6. The first-order valence-electron chi connectivity index (χ1n) is 9.56. The van der Waals surface area contributed by atoms with E-state index in [-0.39, 0.29) is 18.1 Å². The van der Waals surface area contributed by atoms with Crippen LogP contribution in [-0.2, 0) is 16.0 Å². The molecule has 0 bridgehead atoms. The zero-order valence-electron chi connectivity index (χ0n) is 15.8. The molecule has 2 atom stereocenters. The van der Waals surface area contributed by atoms with Crippen LogP contribution in [0.25, 0.3) is 0 Å². The molecule has 2 heterocycles. The third-order valence-electron chi connectivity index (χ3n) is 5.33. The Balaban J connectivity index is 1.62. The number of piperidine rings is 1. The van der Waals surface area contributed by atoms with E-state index in [1.165, 1.54) is 12.0 Å². The van der Waals surface area contributed by atoms with Crippen molar-refractivity contribution in [2.45, 2.75) is 44.2 Å². The number of amides is 1. The molecule has 26 heavy (non-hydrogen) atoms. The van der Waals surface area contributed by atoms with E-state index >= 15 is 0 Å². The Morgan fingerprint density at radius 2 is 2.12 bits per heavy atom. The maximum atomic E-state index is 12.9. The van der Waals surface area contributed by atoms with Crippen LogP contribution in [0.4, 0.5) is 0 Å². The van der Waals surface area contributed by atoms with E-state index in [4.69, 9.17) is 14.2 Å². The molecule has 2 fully saturated rings. The number of carbonyl (C=O) groups excluding carboxylic acids is 1. The van der Waals surface area contributed by atoms with Gasteiger partial charge in [0.25, 0.3) is 5.91 Å². The maximum Gasteiger partial charge on any atom is 0.253 e. The van der Waals surface area contributed by atoms with Crippen molar-refractivity contribution in [2.24, 2.45) is 0 Å². The van der Waals surface area contributed by atoms with E-state index in [9.17, 15) is 4.79 Å². The number of nitrogens with one attached hydrogen (secondary N) is 1. The van der Waals surface area contributed by atoms with Gasteiger partial charge in [-0.2, -0.15) is 0 Å². The van der Waals surface area contributed by atoms with Crippen molar-refractivity contribution in [2.75, 3.05) is 40.5 Å². The van der Waals surface area contributed by atoms with Crippen LogP contribution >= 0.6 is 0 Å². The molecule has 3 rings (SSSR count). The Morgan fingerprint density at radius 3 is 2.85 bits per heavy atom. The number of carbonyl (C=O) groups is 1. The molecule has 144 valence electrons. The van der Waals surface area contributed by atoms with Crippen molar-refractivity contribution in [3.63, 3.8) is 0 Å². The molecule has 1 amide bonds. The Bertz CT molecular complexity index is 601. The predicted molar refractivity (Wildman–Crippen MR) is 99.8 cm³/mol. The van der Waals surface area contributed by atoms with Gasteiger partial charge in [0, 0.05) is 25.7 Å². The van der Waals surface area contributed by atoms with Crippen LogP contribution in [0.1, 0.15) is 31.2 Å². The number of likely N-dealkylation sites (tertiary alicyclic amines) is 1. The van der Waals surface area contributed by atoms with Gasteiger partial charge >= 0.3 is 0 Å². The quantitative estimate of drug-likeness (QED) is 0.839. The zero-order valence-corrected chi connectivity index (χ0v) is 15.8. The fraction of sp³-hybridized carbons (Fsp3) is 0.650. The minimum Gasteiger partial charge on any atom is -0.493 e. The average Bonchev–Trinajstić information content (AvgIpc) is 2.72. The van der Waals surface area contributed by atoms with Crippen molar-refractivity contribution >= 4 is 5.91 Å². The van der Waals surface area contributed by atoms with E-state index in [1.807, 2.05) is 12.1 Å². The van der Waals surface area contributed by atoms with Gasteiger partial charge in [-0.1, -0.05) is 6.07 Å². The van der Waals surface area contributed by atoms with Crippen LogP contribution in [-0.4, -0.2) is 63.4 Å². The van der Waals surface area contributed by atoms with E-state index in [2.05, 4.69) is 16.3 Å². The molecular formula is C20H30N2O4. The first-order valence-corrected chi connectivity index (χ1v) is 9.56. The summed E-state index contributed by atoms with van der Waals surface area (Å²) >= 11 is 0. The molecule has 0 aliphatic carbocycles. The average molecular weight is 362 g/mol. The molecule has 0 saturated carbocycles. The Hall–Kier alpha value is -1.79. The minimum atomic E-state index is -0.328. The molecular weight excluding hydrogens is 332 g/mol. The fourth-order valence-electron chi connectivity index (χ4n) is 3.87. The van der Waals surface area contributed by atoms with Gasteiger partial charge in [0.15, 0.2) is 11.5 Å². The van der Waals surface area contributed by atoms with Gasteiger partial charge in [0.2, 0.25) is 0 Å². The first kappa shape index (κ1) is 19.0. The second-order valence-corrected chi connectivity index (χ2v) is 6.97. The standard InChI is InChI=1S/C20H30N2O4/c1-24-17-9-7-15(13-18(17)25-2)6-8-16-5-3-4-11-22(16)20(23)19-14-21-10-12-26-19/h7,9,13,16,19,21H,3-6,8,10-12,14H2,1-2H3/t16-,19+/m0/s1. The number of nitrogens with zero attached hydrogens (tertiary/aromatic N) is 1. The number of ether oxygens (including phenoxy) is 3. The number of methoxy groups -OCH3 is 2. The molecule has 2 aliphatic rings. The van der Waals surface area contributed by atoms with Crippen LogP contribution in [0.2, 0.25) is 0 Å². The number of hydrogen-bond acceptors (Lipinski definition) is 5. The lowest BCUT2D eigenvalue weighted by atomic mass is 9.95. The van der Waals surface area contributed by atoms with Gasteiger partial charge < -0.3 is 24.4 Å². The normalized spacial score (nSPS) is 23.5. The van der Waals surface area contributed by atoms with E-state index in [0.717, 1.165) is 50.3 Å². The molecule has 0 aromatic heterocycles. The Labute approximate surface area is 155 Å². The zero-order chi connectivity index (χ0) is 18.4. The van der Waals surface area contributed by atoms with Crippen LogP contribution in [0, 0.1) is 0 Å². The monoisotopic (exact) mass is 362 g/mol. The summed E-state index contributed by atoms with van der Waals surface area (Å²) in [7, 11) is 3.30. The Kier molecular flexibility index (Phi) is 6.74. The summed E-state index contributed by atoms with van der Waals surface area (Å²) in [6.07, 6.45) is 4.88. The summed E-state index contributed by atoms with van der Waals surface area (Å²) in [4.78, 5) is 14.9. The molecule has 6 heteroatoms. The smallest absolute Gasteiger partial charge is 0.253 e. The van der Waals surface area contributed by atoms with E-state index in [0.29, 0.717) is 13.2 Å². The Morgan fingerprint density at radius 1 is 1.27 bits per heavy atom. The van der Waals surface area contributed by atoms with Gasteiger partial charge in [-0.25, -0.2) is 0 Å². The van der Waals surface area contributed by atoms with Crippen molar-refractivity contribution < 1.29 is 19.0 Å². The molecule has 1 N–H and O–H groups in total. The summed E-state index contributed by atoms with van der Waals surface area (Å²) in [6, 6.07) is 6.33. The van der Waals surface area contributed by atoms with Crippen LogP contribution in [0.5, 0.6) is 11.5 Å². The summed E-state index contributed by atoms with van der Waals surface area (Å²) in [5.41, 5.74) is 1.20. The highest BCUT2D eigenvalue weighted by Crippen LogP contribution is 2.29. The van der Waals surface area contributed by atoms with Crippen molar-refractivity contribution in [3.05, 3.63) is 23.8 Å². The van der Waals surface area contributed by atoms with Gasteiger partial charge in [-0.15, -0.1) is 0 Å². The number of aryl methyl sites for hydroxylation is 1.